The number of esters is 1. The Kier molecular flexibility index (Phi) is 7.48. The molecule has 0 radical (unpaired) electrons. The molecule has 3 aromatic rings. The van der Waals surface area contributed by atoms with E-state index in [1.54, 1.807) is 0 Å². The van der Waals surface area contributed by atoms with Gasteiger partial charge in [0.1, 0.15) is 0 Å². The molecule has 7 heteroatoms. The van der Waals surface area contributed by atoms with E-state index in [0.717, 1.165) is 17.2 Å². The fraction of sp³-hybridized carbons (Fsp3) is 0.167. The lowest BCUT2D eigenvalue weighted by molar-refractivity contribution is -0.384. The van der Waals surface area contributed by atoms with Crippen LogP contribution in [0.25, 0.3) is 0 Å². The zero-order valence-electron chi connectivity index (χ0n) is 16.8. The zero-order chi connectivity index (χ0) is 22.1. The van der Waals surface area contributed by atoms with Crippen LogP contribution >= 0.6 is 0 Å². The molecule has 0 aromatic heterocycles. The third kappa shape index (κ3) is 6.24. The predicted octanol–water partition coefficient (Wildman–Crippen LogP) is 4.09. The molecule has 0 unspecified atom stereocenters. The third-order valence-corrected chi connectivity index (χ3v) is 4.79. The number of benzene rings is 3. The van der Waals surface area contributed by atoms with Gasteiger partial charge >= 0.3 is 5.97 Å². The number of carbonyl (C=O) groups is 2. The summed E-state index contributed by atoms with van der Waals surface area (Å²) in [5, 5.41) is 13.6. The van der Waals surface area contributed by atoms with Crippen molar-refractivity contribution in [3.63, 3.8) is 0 Å². The van der Waals surface area contributed by atoms with Crippen molar-refractivity contribution in [1.29, 1.82) is 0 Å². The fourth-order valence-corrected chi connectivity index (χ4v) is 3.26. The first-order chi connectivity index (χ1) is 15.0. The quantitative estimate of drug-likeness (QED) is 0.321. The van der Waals surface area contributed by atoms with Gasteiger partial charge in [0.2, 0.25) is 0 Å². The Labute approximate surface area is 179 Å². The van der Waals surface area contributed by atoms with E-state index in [4.69, 9.17) is 4.74 Å². The third-order valence-electron chi connectivity index (χ3n) is 4.79. The first-order valence-corrected chi connectivity index (χ1v) is 9.83. The van der Waals surface area contributed by atoms with Crippen LogP contribution in [0.2, 0.25) is 0 Å². The van der Waals surface area contributed by atoms with Gasteiger partial charge in [-0.2, -0.15) is 0 Å². The molecule has 0 aliphatic heterocycles. The maximum Gasteiger partial charge on any atom is 0.338 e. The molecule has 0 aliphatic carbocycles. The Morgan fingerprint density at radius 1 is 0.903 bits per heavy atom. The molecule has 0 bridgehead atoms. The van der Waals surface area contributed by atoms with E-state index in [9.17, 15) is 19.7 Å². The van der Waals surface area contributed by atoms with Crippen molar-refractivity contribution in [2.75, 3.05) is 13.2 Å². The van der Waals surface area contributed by atoms with E-state index in [2.05, 4.69) is 29.6 Å². The highest BCUT2D eigenvalue weighted by Crippen LogP contribution is 2.27. The lowest BCUT2D eigenvalue weighted by Crippen LogP contribution is -2.30. The van der Waals surface area contributed by atoms with Crippen LogP contribution in [-0.2, 0) is 9.53 Å². The number of rotatable bonds is 9. The van der Waals surface area contributed by atoms with E-state index < -0.39 is 23.4 Å². The summed E-state index contributed by atoms with van der Waals surface area (Å²) in [6.07, 6.45) is 0.679. The molecule has 1 amide bonds. The molecular weight excluding hydrogens is 396 g/mol. The van der Waals surface area contributed by atoms with E-state index in [0.29, 0.717) is 13.0 Å². The number of nitro benzene ring substituents is 1. The van der Waals surface area contributed by atoms with Gasteiger partial charge in [-0.05, 0) is 23.6 Å². The topological polar surface area (TPSA) is 98.5 Å². The van der Waals surface area contributed by atoms with Crippen molar-refractivity contribution in [3.05, 3.63) is 112 Å². The Hall–Kier alpha value is -4.00. The summed E-state index contributed by atoms with van der Waals surface area (Å²) in [5.41, 5.74) is 2.11. The van der Waals surface area contributed by atoms with Crippen LogP contribution in [0.4, 0.5) is 5.69 Å². The minimum absolute atomic E-state index is 0.0234. The fourth-order valence-electron chi connectivity index (χ4n) is 3.26. The van der Waals surface area contributed by atoms with Crippen LogP contribution in [0, 0.1) is 10.1 Å². The van der Waals surface area contributed by atoms with Gasteiger partial charge < -0.3 is 10.1 Å². The van der Waals surface area contributed by atoms with E-state index >= 15 is 0 Å². The SMILES string of the molecule is O=C(COC(=O)c1cccc([N+](=O)[O-])c1)NCCC(c1ccccc1)c1ccccc1. The van der Waals surface area contributed by atoms with E-state index in [1.807, 2.05) is 36.4 Å². The molecule has 0 fully saturated rings. The second-order valence-electron chi connectivity index (χ2n) is 6.90. The predicted molar refractivity (Wildman–Crippen MR) is 116 cm³/mol. The van der Waals surface area contributed by atoms with Gasteiger partial charge in [0.05, 0.1) is 10.5 Å². The molecule has 1 N–H and O–H groups in total. The molecule has 0 saturated carbocycles. The number of nitro groups is 1. The number of nitrogens with zero attached hydrogens (tertiary/aromatic N) is 1. The van der Waals surface area contributed by atoms with Crippen LogP contribution in [0.3, 0.4) is 0 Å². The van der Waals surface area contributed by atoms with Crippen molar-refractivity contribution >= 4 is 17.6 Å². The van der Waals surface area contributed by atoms with Gasteiger partial charge in [-0.25, -0.2) is 4.79 Å². The smallest absolute Gasteiger partial charge is 0.338 e. The Morgan fingerprint density at radius 3 is 2.10 bits per heavy atom. The number of non-ortho nitro benzene ring substituents is 1. The number of ether oxygens (including phenoxy) is 1. The van der Waals surface area contributed by atoms with E-state index in [1.165, 1.54) is 18.2 Å². The summed E-state index contributed by atoms with van der Waals surface area (Å²) in [6.45, 7) is -0.0511. The van der Waals surface area contributed by atoms with Crippen molar-refractivity contribution in [3.8, 4) is 0 Å². The van der Waals surface area contributed by atoms with Gasteiger partial charge in [0.15, 0.2) is 6.61 Å². The van der Waals surface area contributed by atoms with Gasteiger partial charge in [0, 0.05) is 24.6 Å². The largest absolute Gasteiger partial charge is 0.452 e. The maximum atomic E-state index is 12.1. The number of hydrogen-bond donors (Lipinski definition) is 1. The second kappa shape index (κ2) is 10.7. The minimum Gasteiger partial charge on any atom is -0.452 e. The highest BCUT2D eigenvalue weighted by atomic mass is 16.6. The first-order valence-electron chi connectivity index (χ1n) is 9.83. The number of carbonyl (C=O) groups excluding carboxylic acids is 2. The molecule has 158 valence electrons. The van der Waals surface area contributed by atoms with Crippen molar-refractivity contribution < 1.29 is 19.2 Å². The maximum absolute atomic E-state index is 12.1. The Balaban J connectivity index is 1.52. The average Bonchev–Trinajstić information content (AvgIpc) is 2.81. The van der Waals surface area contributed by atoms with Gasteiger partial charge in [-0.1, -0.05) is 66.7 Å². The minimum atomic E-state index is -0.787. The summed E-state index contributed by atoms with van der Waals surface area (Å²) in [7, 11) is 0. The van der Waals surface area contributed by atoms with Crippen LogP contribution < -0.4 is 5.32 Å². The van der Waals surface area contributed by atoms with E-state index in [-0.39, 0.29) is 17.2 Å². The summed E-state index contributed by atoms with van der Waals surface area (Å²) in [6, 6.07) is 25.3. The van der Waals surface area contributed by atoms with Crippen LogP contribution in [-0.4, -0.2) is 30.0 Å². The van der Waals surface area contributed by atoms with Crippen molar-refractivity contribution in [2.45, 2.75) is 12.3 Å². The van der Waals surface area contributed by atoms with Crippen LogP contribution in [0.1, 0.15) is 33.8 Å². The lowest BCUT2D eigenvalue weighted by atomic mass is 9.88. The monoisotopic (exact) mass is 418 g/mol. The number of nitrogens with one attached hydrogen (secondary N) is 1. The zero-order valence-corrected chi connectivity index (χ0v) is 16.8. The van der Waals surface area contributed by atoms with Gasteiger partial charge in [-0.15, -0.1) is 0 Å². The summed E-state index contributed by atoms with van der Waals surface area (Å²) in [5.74, 6) is -1.10. The Morgan fingerprint density at radius 2 is 1.52 bits per heavy atom. The molecule has 3 aromatic carbocycles. The summed E-state index contributed by atoms with van der Waals surface area (Å²) >= 11 is 0. The molecular formula is C24H22N2O5. The average molecular weight is 418 g/mol. The second-order valence-corrected chi connectivity index (χ2v) is 6.90. The van der Waals surface area contributed by atoms with Crippen molar-refractivity contribution in [2.24, 2.45) is 0 Å². The standard InChI is InChI=1S/C24H22N2O5/c27-23(17-31-24(28)20-12-7-13-21(16-20)26(29)30)25-15-14-22(18-8-3-1-4-9-18)19-10-5-2-6-11-19/h1-13,16,22H,14-15,17H2,(H,25,27). The normalized spacial score (nSPS) is 10.5. The first kappa shape index (κ1) is 21.7. The van der Waals surface area contributed by atoms with Crippen LogP contribution in [0.5, 0.6) is 0 Å². The Bertz CT molecular complexity index is 999. The lowest BCUT2D eigenvalue weighted by Gasteiger charge is -2.18. The van der Waals surface area contributed by atoms with Gasteiger partial charge in [0.25, 0.3) is 11.6 Å². The summed E-state index contributed by atoms with van der Waals surface area (Å²) in [4.78, 5) is 34.4. The molecule has 7 nitrogen and oxygen atoms in total. The van der Waals surface area contributed by atoms with Crippen molar-refractivity contribution in [1.82, 2.24) is 5.32 Å². The molecule has 0 atom stereocenters. The summed E-state index contributed by atoms with van der Waals surface area (Å²) < 4.78 is 4.98. The molecule has 31 heavy (non-hydrogen) atoms. The highest BCUT2D eigenvalue weighted by Gasteiger charge is 2.16. The number of hydrogen-bond acceptors (Lipinski definition) is 5. The van der Waals surface area contributed by atoms with Crippen LogP contribution in [0.15, 0.2) is 84.9 Å². The molecule has 0 saturated heterocycles. The highest BCUT2D eigenvalue weighted by molar-refractivity contribution is 5.91. The molecule has 3 rings (SSSR count). The molecule has 0 spiro atoms. The molecule has 0 aliphatic rings. The van der Waals surface area contributed by atoms with Gasteiger partial charge in [-0.3, -0.25) is 14.9 Å². The number of amides is 1. The molecule has 0 heterocycles.